The maximum atomic E-state index is 14.3. The molecule has 0 saturated heterocycles. The van der Waals surface area contributed by atoms with Crippen LogP contribution in [0.15, 0.2) is 52.8 Å². The fourth-order valence-corrected chi connectivity index (χ4v) is 8.28. The van der Waals surface area contributed by atoms with E-state index in [1.54, 1.807) is 44.2 Å². The summed E-state index contributed by atoms with van der Waals surface area (Å²) in [6.45, 7) is 5.31. The molecule has 0 spiro atoms. The Morgan fingerprint density at radius 3 is 1.87 bits per heavy atom. The predicted molar refractivity (Wildman–Crippen MR) is 302 cm³/mol. The molecule has 10 atom stereocenters. The summed E-state index contributed by atoms with van der Waals surface area (Å²) in [5.41, 5.74) is 28.8. The summed E-state index contributed by atoms with van der Waals surface area (Å²) in [6.07, 6.45) is 1.69. The van der Waals surface area contributed by atoms with Crippen LogP contribution >= 0.6 is 0 Å². The molecule has 3 rings (SSSR count). The number of amides is 9. The summed E-state index contributed by atoms with van der Waals surface area (Å²) in [5, 5.41) is 48.6. The smallest absolute Gasteiger partial charge is 0.323 e. The van der Waals surface area contributed by atoms with E-state index in [1.807, 2.05) is 0 Å². The number of aromatic amines is 1. The SMILES string of the molecule is CCC(C)[C@H](NC(=O)CN(CCCN=C(N)N)C(=O)CNC(=O)[C@@H](NC(=O)[C@@H](NC(=O)[C@H](Cc1cnc[nH]1)NC(=O)[C@H](CCc1ccccc1)NC(=O)[C@H](C)NC(=O)[C@@H](N)CCCN=C(N)N)[C@@H](C)O)[C@@H](C)O)C(=O)N(CC(=O)O)C1CC1. The van der Waals surface area contributed by atoms with Gasteiger partial charge in [-0.25, -0.2) is 4.98 Å². The molecule has 460 valence electrons. The quantitative estimate of drug-likeness (QED) is 0.0170. The first-order valence-corrected chi connectivity index (χ1v) is 27.3. The van der Waals surface area contributed by atoms with E-state index in [0.717, 1.165) is 24.3 Å². The van der Waals surface area contributed by atoms with Crippen LogP contribution in [0.25, 0.3) is 0 Å². The van der Waals surface area contributed by atoms with E-state index in [1.165, 1.54) is 24.3 Å². The highest BCUT2D eigenvalue weighted by atomic mass is 16.4. The lowest BCUT2D eigenvalue weighted by Crippen LogP contribution is -2.62. The van der Waals surface area contributed by atoms with Crippen LogP contribution in [-0.2, 0) is 60.8 Å². The first-order chi connectivity index (χ1) is 39.2. The van der Waals surface area contributed by atoms with Crippen LogP contribution in [0.5, 0.6) is 0 Å². The van der Waals surface area contributed by atoms with Crippen LogP contribution in [0, 0.1) is 5.92 Å². The maximum Gasteiger partial charge on any atom is 0.323 e. The second-order valence-corrected chi connectivity index (χ2v) is 20.4. The summed E-state index contributed by atoms with van der Waals surface area (Å²) >= 11 is 0. The van der Waals surface area contributed by atoms with Crippen molar-refractivity contribution in [1.29, 1.82) is 0 Å². The molecule has 1 aromatic carbocycles. The highest BCUT2D eigenvalue weighted by molar-refractivity contribution is 5.98. The van der Waals surface area contributed by atoms with Gasteiger partial charge >= 0.3 is 5.97 Å². The number of hydrogen-bond acceptors (Lipinski definition) is 16. The Morgan fingerprint density at radius 2 is 1.30 bits per heavy atom. The number of guanidine groups is 2. The second kappa shape index (κ2) is 34.7. The van der Waals surface area contributed by atoms with Gasteiger partial charge < -0.3 is 96.0 Å². The number of rotatable bonds is 37. The predicted octanol–water partition coefficient (Wildman–Crippen LogP) is -5.61. The van der Waals surface area contributed by atoms with Crippen molar-refractivity contribution in [2.75, 3.05) is 39.3 Å². The van der Waals surface area contributed by atoms with Gasteiger partial charge in [-0.3, -0.25) is 57.9 Å². The Morgan fingerprint density at radius 1 is 0.711 bits per heavy atom. The van der Waals surface area contributed by atoms with Gasteiger partial charge in [-0.1, -0.05) is 50.6 Å². The number of nitrogens with zero attached hydrogens (tertiary/aromatic N) is 5. The zero-order valence-electron chi connectivity index (χ0n) is 47.5. The minimum Gasteiger partial charge on any atom is -0.480 e. The number of carboxylic acid groups (broad SMARTS) is 1. The van der Waals surface area contributed by atoms with E-state index in [9.17, 15) is 63.3 Å². The number of H-pyrrole nitrogens is 1. The normalized spacial score (nSPS) is 15.5. The number of carbonyl (C=O) groups is 10. The lowest BCUT2D eigenvalue weighted by Gasteiger charge is -2.31. The highest BCUT2D eigenvalue weighted by Crippen LogP contribution is 2.28. The third-order valence-corrected chi connectivity index (χ3v) is 13.3. The highest BCUT2D eigenvalue weighted by Gasteiger charge is 2.40. The molecule has 1 aliphatic carbocycles. The molecule has 1 fully saturated rings. The van der Waals surface area contributed by atoms with Gasteiger partial charge in [0, 0.05) is 44.0 Å². The average Bonchev–Trinajstić information content (AvgIpc) is 4.32. The van der Waals surface area contributed by atoms with Gasteiger partial charge in [-0.2, -0.15) is 0 Å². The minimum absolute atomic E-state index is 0.00265. The summed E-state index contributed by atoms with van der Waals surface area (Å²) in [4.78, 5) is 152. The molecule has 1 aliphatic rings. The van der Waals surface area contributed by atoms with Crippen molar-refractivity contribution in [3.63, 3.8) is 0 Å². The summed E-state index contributed by atoms with van der Waals surface area (Å²) in [6, 6.07) is -1.16. The summed E-state index contributed by atoms with van der Waals surface area (Å²) in [7, 11) is 0. The fraction of sp³-hybridized carbons (Fsp3) is 0.596. The largest absolute Gasteiger partial charge is 0.480 e. The molecule has 1 unspecified atom stereocenters. The molecule has 21 N–H and O–H groups in total. The zero-order chi connectivity index (χ0) is 61.9. The van der Waals surface area contributed by atoms with Gasteiger partial charge in [0.15, 0.2) is 11.9 Å². The average molecular weight is 1170 g/mol. The number of aromatic nitrogens is 2. The number of nitrogens with one attached hydrogen (secondary N) is 8. The number of carbonyl (C=O) groups excluding carboxylic acids is 9. The van der Waals surface area contributed by atoms with Gasteiger partial charge in [0.2, 0.25) is 53.2 Å². The lowest BCUT2D eigenvalue weighted by molar-refractivity contribution is -0.147. The number of benzene rings is 1. The van der Waals surface area contributed by atoms with Gasteiger partial charge in [0.05, 0.1) is 37.7 Å². The number of aliphatic hydroxyl groups is 2. The molecule has 0 radical (unpaired) electrons. The Balaban J connectivity index is 1.79. The number of aliphatic carboxylic acids is 1. The van der Waals surface area contributed by atoms with Crippen molar-refractivity contribution in [2.45, 2.75) is 153 Å². The number of carboxylic acids is 1. The monoisotopic (exact) mass is 1170 g/mol. The van der Waals surface area contributed by atoms with E-state index in [-0.39, 0.29) is 69.7 Å². The van der Waals surface area contributed by atoms with E-state index in [2.05, 4.69) is 57.2 Å². The Bertz CT molecular complexity index is 2540. The molecule has 31 nitrogen and oxygen atoms in total. The van der Waals surface area contributed by atoms with Crippen molar-refractivity contribution >= 4 is 71.1 Å². The van der Waals surface area contributed by atoms with Crippen molar-refractivity contribution in [3.05, 3.63) is 54.1 Å². The van der Waals surface area contributed by atoms with Crippen molar-refractivity contribution in [3.8, 4) is 0 Å². The number of nitrogens with two attached hydrogens (primary N) is 5. The molecule has 1 heterocycles. The Labute approximate surface area is 480 Å². The van der Waals surface area contributed by atoms with Crippen molar-refractivity contribution in [1.82, 2.24) is 57.0 Å². The molecule has 9 amide bonds. The lowest BCUT2D eigenvalue weighted by atomic mass is 9.97. The summed E-state index contributed by atoms with van der Waals surface area (Å²) < 4.78 is 0. The molecule has 2 aromatic rings. The van der Waals surface area contributed by atoms with Crippen LogP contribution < -0.4 is 65.9 Å². The molecule has 0 aliphatic heterocycles. The van der Waals surface area contributed by atoms with Crippen LogP contribution in [0.4, 0.5) is 0 Å². The molecule has 31 heteroatoms. The Hall–Kier alpha value is -8.45. The number of aliphatic imine (C=N–C) groups is 2. The first-order valence-electron chi connectivity index (χ1n) is 27.3. The van der Waals surface area contributed by atoms with Gasteiger partial charge in [0.1, 0.15) is 42.8 Å². The first kappa shape index (κ1) is 68.8. The topological polar surface area (TPSA) is 506 Å². The molecule has 1 aromatic heterocycles. The molecule has 0 bridgehead atoms. The number of aryl methyl sites for hydroxylation is 1. The van der Waals surface area contributed by atoms with E-state index in [0.29, 0.717) is 31.4 Å². The van der Waals surface area contributed by atoms with Gasteiger partial charge in [-0.15, -0.1) is 0 Å². The summed E-state index contributed by atoms with van der Waals surface area (Å²) in [5.74, 6) is -9.80. The number of hydrogen-bond donors (Lipinski definition) is 16. The van der Waals surface area contributed by atoms with Gasteiger partial charge in [0.25, 0.3) is 0 Å². The molecule has 83 heavy (non-hydrogen) atoms. The minimum atomic E-state index is -1.85. The third kappa shape index (κ3) is 24.7. The van der Waals surface area contributed by atoms with Crippen molar-refractivity contribution in [2.24, 2.45) is 44.6 Å². The van der Waals surface area contributed by atoms with Crippen LogP contribution in [-0.4, -0.2) is 206 Å². The zero-order valence-corrected chi connectivity index (χ0v) is 47.5. The molecular weight excluding hydrogens is 1080 g/mol. The molecule has 1 saturated carbocycles. The maximum absolute atomic E-state index is 14.3. The van der Waals surface area contributed by atoms with Crippen LogP contribution in [0.2, 0.25) is 0 Å². The number of aliphatic hydroxyl groups excluding tert-OH is 2. The van der Waals surface area contributed by atoms with Crippen LogP contribution in [0.3, 0.4) is 0 Å². The third-order valence-electron chi connectivity index (χ3n) is 13.3. The number of imidazole rings is 1. The fourth-order valence-electron chi connectivity index (χ4n) is 8.28. The van der Waals surface area contributed by atoms with Crippen molar-refractivity contribution < 1.29 is 63.3 Å². The van der Waals surface area contributed by atoms with E-state index in [4.69, 9.17) is 28.7 Å². The Kier molecular flexibility index (Phi) is 28.8. The van der Waals surface area contributed by atoms with E-state index >= 15 is 0 Å². The standard InChI is InChI=1S/C52H84N18O13/c1-6-28(2)41(50(83)70(26-40(75)76)34-16-17-34)66-38(73)25-69(21-11-20-60-52(56)57)39(74)24-61-48(81)42(30(4)71)68-49(82)43(31(5)72)67-47(80)37(22-33-23-58-27-62-33)65-46(79)36(18-15-32-12-8-7-9-13-32)64-44(77)29(3)63-45(78)35(53)14-10-19-59-51(54)55/h7-9,12-13,23,27-31,34-37,41-43,71-72H,6,10-11,14-22,24-26,53H2,1-5H3,(H,58,62)(H,61,81)(H,63,78)(H,64,77)(H,65,79)(H,66,73)(H,67,80)(H,68,82)(H,75,76)(H4,54,55,59)(H4,56,57,60)/t28?,29-,30+,31+,35-,36-,37-,41-,42-,43-/m0/s1. The van der Waals surface area contributed by atoms with Crippen LogP contribution in [0.1, 0.15) is 90.8 Å². The second-order valence-electron chi connectivity index (χ2n) is 20.4. The van der Waals surface area contributed by atoms with E-state index < -0.39 is 139 Å². The van der Waals surface area contributed by atoms with Gasteiger partial charge in [-0.05, 0) is 77.2 Å². The molecular formula is C52H84N18O13.